The van der Waals surface area contributed by atoms with Crippen LogP contribution in [0.4, 0.5) is 0 Å². The molecule has 0 saturated carbocycles. The number of hydrogen-bond acceptors (Lipinski definition) is 4. The maximum absolute atomic E-state index is 12.0. The van der Waals surface area contributed by atoms with E-state index in [2.05, 4.69) is 16.6 Å². The van der Waals surface area contributed by atoms with Gasteiger partial charge in [0.25, 0.3) is 0 Å². The van der Waals surface area contributed by atoms with Crippen molar-refractivity contribution in [3.8, 4) is 0 Å². The molecule has 1 atom stereocenters. The van der Waals surface area contributed by atoms with Crippen LogP contribution in [0, 0.1) is 0 Å². The molecule has 0 radical (unpaired) electrons. The molecular weight excluding hydrogens is 238 g/mol. The van der Waals surface area contributed by atoms with Gasteiger partial charge in [0, 0.05) is 25.0 Å². The minimum Gasteiger partial charge on any atom is -0.329 e. The van der Waals surface area contributed by atoms with Crippen molar-refractivity contribution in [3.63, 3.8) is 0 Å². The van der Waals surface area contributed by atoms with E-state index in [9.17, 15) is 8.42 Å². The first kappa shape index (κ1) is 14.1. The Labute approximate surface area is 102 Å². The molecule has 1 heterocycles. The fraction of sp³-hybridized carbons (Fsp3) is 0.545. The molecular formula is C11H19N3O2S. The molecule has 5 nitrogen and oxygen atoms in total. The van der Waals surface area contributed by atoms with Crippen LogP contribution in [-0.4, -0.2) is 26.0 Å². The molecule has 0 aromatic carbocycles. The van der Waals surface area contributed by atoms with Gasteiger partial charge in [-0.3, -0.25) is 4.98 Å². The van der Waals surface area contributed by atoms with Gasteiger partial charge >= 0.3 is 0 Å². The van der Waals surface area contributed by atoms with Crippen molar-refractivity contribution in [1.82, 2.24) is 9.71 Å². The van der Waals surface area contributed by atoms with Crippen LogP contribution in [0.25, 0.3) is 0 Å². The van der Waals surface area contributed by atoms with Gasteiger partial charge in [0.2, 0.25) is 10.0 Å². The summed E-state index contributed by atoms with van der Waals surface area (Å²) in [5.74, 6) is 0. The van der Waals surface area contributed by atoms with Gasteiger partial charge in [0.15, 0.2) is 0 Å². The summed E-state index contributed by atoms with van der Waals surface area (Å²) in [6.45, 7) is 2.36. The minimum atomic E-state index is -3.49. The Hall–Kier alpha value is -0.980. The molecule has 17 heavy (non-hydrogen) atoms. The van der Waals surface area contributed by atoms with Crippen LogP contribution in [0.3, 0.4) is 0 Å². The van der Waals surface area contributed by atoms with Crippen LogP contribution in [-0.2, 0) is 10.0 Å². The van der Waals surface area contributed by atoms with Crippen LogP contribution < -0.4 is 10.5 Å². The Morgan fingerprint density at radius 1 is 1.53 bits per heavy atom. The lowest BCUT2D eigenvalue weighted by Gasteiger charge is -2.16. The second kappa shape index (κ2) is 6.68. The van der Waals surface area contributed by atoms with E-state index in [4.69, 9.17) is 5.73 Å². The van der Waals surface area contributed by atoms with Crippen molar-refractivity contribution < 1.29 is 8.42 Å². The zero-order valence-corrected chi connectivity index (χ0v) is 10.8. The quantitative estimate of drug-likeness (QED) is 0.759. The van der Waals surface area contributed by atoms with E-state index in [1.165, 1.54) is 18.5 Å². The zero-order chi connectivity index (χ0) is 12.7. The predicted octanol–water partition coefficient (Wildman–Crippen LogP) is 0.877. The van der Waals surface area contributed by atoms with Crippen molar-refractivity contribution in [2.45, 2.75) is 37.1 Å². The highest BCUT2D eigenvalue weighted by Gasteiger charge is 2.18. The summed E-state index contributed by atoms with van der Waals surface area (Å²) in [5, 5.41) is 0. The third-order valence-electron chi connectivity index (χ3n) is 2.46. The highest BCUT2D eigenvalue weighted by Crippen LogP contribution is 2.08. The number of nitrogens with two attached hydrogens (primary N) is 1. The average Bonchev–Trinajstić information content (AvgIpc) is 2.35. The van der Waals surface area contributed by atoms with Crippen LogP contribution in [0.1, 0.15) is 26.2 Å². The van der Waals surface area contributed by atoms with Crippen molar-refractivity contribution in [1.29, 1.82) is 0 Å². The van der Waals surface area contributed by atoms with E-state index in [0.29, 0.717) is 6.54 Å². The lowest BCUT2D eigenvalue weighted by molar-refractivity contribution is 0.516. The number of unbranched alkanes of at least 4 members (excludes halogenated alkanes) is 1. The van der Waals surface area contributed by atoms with Crippen molar-refractivity contribution in [2.24, 2.45) is 5.73 Å². The Kier molecular flexibility index (Phi) is 5.54. The molecule has 3 N–H and O–H groups in total. The second-order valence-corrected chi connectivity index (χ2v) is 5.60. The number of pyridine rings is 1. The summed E-state index contributed by atoms with van der Waals surface area (Å²) in [4.78, 5) is 3.97. The molecule has 0 aliphatic rings. The van der Waals surface area contributed by atoms with Gasteiger partial charge in [-0.25, -0.2) is 13.1 Å². The minimum absolute atomic E-state index is 0.176. The second-order valence-electron chi connectivity index (χ2n) is 3.88. The standard InChI is InChI=1S/C11H19N3O2S/c1-2-3-5-10(8-12)14-17(15,16)11-6-4-7-13-9-11/h4,6-7,9-10,14H,2-3,5,8,12H2,1H3. The van der Waals surface area contributed by atoms with Crippen LogP contribution in [0.2, 0.25) is 0 Å². The van der Waals surface area contributed by atoms with E-state index in [1.54, 1.807) is 6.07 Å². The molecule has 0 spiro atoms. The third-order valence-corrected chi connectivity index (χ3v) is 3.96. The van der Waals surface area contributed by atoms with Crippen LogP contribution >= 0.6 is 0 Å². The highest BCUT2D eigenvalue weighted by molar-refractivity contribution is 7.89. The van der Waals surface area contributed by atoms with Gasteiger partial charge in [-0.2, -0.15) is 0 Å². The van der Waals surface area contributed by atoms with E-state index >= 15 is 0 Å². The molecule has 1 rings (SSSR count). The fourth-order valence-electron chi connectivity index (χ4n) is 1.47. The van der Waals surface area contributed by atoms with Gasteiger partial charge in [0.05, 0.1) is 0 Å². The molecule has 0 saturated heterocycles. The topological polar surface area (TPSA) is 85.1 Å². The molecule has 1 unspecified atom stereocenters. The fourth-order valence-corrected chi connectivity index (χ4v) is 2.72. The Balaban J connectivity index is 2.72. The maximum Gasteiger partial charge on any atom is 0.242 e. The highest BCUT2D eigenvalue weighted by atomic mass is 32.2. The van der Waals surface area contributed by atoms with Crippen molar-refractivity contribution in [2.75, 3.05) is 6.54 Å². The zero-order valence-electron chi connectivity index (χ0n) is 9.96. The first-order valence-electron chi connectivity index (χ1n) is 5.72. The van der Waals surface area contributed by atoms with E-state index in [0.717, 1.165) is 19.3 Å². The largest absolute Gasteiger partial charge is 0.329 e. The monoisotopic (exact) mass is 257 g/mol. The molecule has 0 fully saturated rings. The Morgan fingerprint density at radius 3 is 2.82 bits per heavy atom. The average molecular weight is 257 g/mol. The smallest absolute Gasteiger partial charge is 0.242 e. The summed E-state index contributed by atoms with van der Waals surface area (Å²) < 4.78 is 26.5. The Morgan fingerprint density at radius 2 is 2.29 bits per heavy atom. The number of rotatable bonds is 7. The maximum atomic E-state index is 12.0. The Bertz CT molecular complexity index is 420. The van der Waals surface area contributed by atoms with E-state index in [-0.39, 0.29) is 10.9 Å². The van der Waals surface area contributed by atoms with Gasteiger partial charge in [-0.1, -0.05) is 19.8 Å². The van der Waals surface area contributed by atoms with Crippen LogP contribution in [0.5, 0.6) is 0 Å². The molecule has 96 valence electrons. The molecule has 1 aromatic heterocycles. The SMILES string of the molecule is CCCCC(CN)NS(=O)(=O)c1cccnc1. The number of aromatic nitrogens is 1. The molecule has 1 aromatic rings. The van der Waals surface area contributed by atoms with Gasteiger partial charge in [0.1, 0.15) is 4.90 Å². The summed E-state index contributed by atoms with van der Waals surface area (Å²) in [5.41, 5.74) is 5.56. The van der Waals surface area contributed by atoms with Gasteiger partial charge < -0.3 is 5.73 Å². The summed E-state index contributed by atoms with van der Waals surface area (Å²) >= 11 is 0. The summed E-state index contributed by atoms with van der Waals surface area (Å²) in [6, 6.07) is 2.90. The van der Waals surface area contributed by atoms with Crippen molar-refractivity contribution in [3.05, 3.63) is 24.5 Å². The lowest BCUT2D eigenvalue weighted by Crippen LogP contribution is -2.40. The summed E-state index contributed by atoms with van der Waals surface area (Å²) in [7, 11) is -3.49. The van der Waals surface area contributed by atoms with E-state index < -0.39 is 10.0 Å². The third kappa shape index (κ3) is 4.41. The molecule has 0 aliphatic carbocycles. The van der Waals surface area contributed by atoms with Gasteiger partial charge in [-0.05, 0) is 18.6 Å². The first-order chi connectivity index (χ1) is 8.10. The molecule has 0 bridgehead atoms. The molecule has 0 aliphatic heterocycles. The molecule has 6 heteroatoms. The number of nitrogens with zero attached hydrogens (tertiary/aromatic N) is 1. The normalized spacial score (nSPS) is 13.5. The van der Waals surface area contributed by atoms with Crippen LogP contribution in [0.15, 0.2) is 29.4 Å². The van der Waals surface area contributed by atoms with Gasteiger partial charge in [-0.15, -0.1) is 0 Å². The summed E-state index contributed by atoms with van der Waals surface area (Å²) in [6.07, 6.45) is 5.60. The number of hydrogen-bond donors (Lipinski definition) is 2. The first-order valence-corrected chi connectivity index (χ1v) is 7.21. The number of nitrogens with one attached hydrogen (secondary N) is 1. The predicted molar refractivity (Wildman–Crippen MR) is 66.9 cm³/mol. The number of sulfonamides is 1. The molecule has 0 amide bonds. The van der Waals surface area contributed by atoms with E-state index in [1.807, 2.05) is 0 Å². The van der Waals surface area contributed by atoms with Crippen molar-refractivity contribution >= 4 is 10.0 Å². The lowest BCUT2D eigenvalue weighted by atomic mass is 10.1.